The van der Waals surface area contributed by atoms with Crippen molar-refractivity contribution in [3.63, 3.8) is 0 Å². The Bertz CT molecular complexity index is 1340. The van der Waals surface area contributed by atoms with Gasteiger partial charge in [-0.1, -0.05) is 42.0 Å². The lowest BCUT2D eigenvalue weighted by Gasteiger charge is -2.16. The van der Waals surface area contributed by atoms with Gasteiger partial charge in [0.1, 0.15) is 17.1 Å². The van der Waals surface area contributed by atoms with Gasteiger partial charge >= 0.3 is 0 Å². The molecule has 4 rings (SSSR count). The standard InChI is InChI=1S/C25H23N3O4S/c1-17-10-12-21(13-11-17)33(30,31)18(2)22-16-27-25(32-22)23(20-9-6-14-26-15-20)28-24(29)19-7-4-3-5-8-19/h3-16,18,23H,1-2H3,(H,28,29). The summed E-state index contributed by atoms with van der Waals surface area (Å²) in [6.07, 6.45) is 4.62. The SMILES string of the molecule is Cc1ccc(S(=O)(=O)C(C)c2cnc(C(NC(=O)c3ccccc3)c3cccnc3)o2)cc1. The van der Waals surface area contributed by atoms with Crippen LogP contribution in [0.4, 0.5) is 0 Å². The van der Waals surface area contributed by atoms with E-state index in [0.29, 0.717) is 11.1 Å². The minimum absolute atomic E-state index is 0.174. The van der Waals surface area contributed by atoms with Crippen LogP contribution in [0.5, 0.6) is 0 Å². The molecule has 1 amide bonds. The van der Waals surface area contributed by atoms with Gasteiger partial charge in [-0.2, -0.15) is 0 Å². The molecular weight excluding hydrogens is 438 g/mol. The van der Waals surface area contributed by atoms with Crippen LogP contribution in [0, 0.1) is 6.92 Å². The van der Waals surface area contributed by atoms with Crippen LogP contribution in [0.1, 0.15) is 51.4 Å². The molecule has 2 aromatic heterocycles. The highest BCUT2D eigenvalue weighted by atomic mass is 32.2. The number of sulfone groups is 1. The second kappa shape index (κ2) is 9.38. The summed E-state index contributed by atoms with van der Waals surface area (Å²) in [6.45, 7) is 3.45. The Kier molecular flexibility index (Phi) is 6.37. The Balaban J connectivity index is 1.65. The second-order valence-corrected chi connectivity index (χ2v) is 9.93. The summed E-state index contributed by atoms with van der Waals surface area (Å²) in [6, 6.07) is 18.2. The van der Waals surface area contributed by atoms with Crippen LogP contribution >= 0.6 is 0 Å². The summed E-state index contributed by atoms with van der Waals surface area (Å²) in [5, 5.41) is 1.95. The molecule has 0 bridgehead atoms. The topological polar surface area (TPSA) is 102 Å². The van der Waals surface area contributed by atoms with Crippen molar-refractivity contribution in [2.45, 2.75) is 30.0 Å². The fraction of sp³-hybridized carbons (Fsp3) is 0.160. The number of nitrogens with one attached hydrogen (secondary N) is 1. The number of benzene rings is 2. The molecule has 4 aromatic rings. The molecule has 2 atom stereocenters. The molecule has 0 aliphatic carbocycles. The lowest BCUT2D eigenvalue weighted by Crippen LogP contribution is -2.29. The molecule has 168 valence electrons. The first-order valence-electron chi connectivity index (χ1n) is 10.4. The van der Waals surface area contributed by atoms with Crippen molar-refractivity contribution < 1.29 is 17.6 Å². The summed E-state index contributed by atoms with van der Waals surface area (Å²) in [5.41, 5.74) is 2.11. The molecule has 0 aliphatic rings. The van der Waals surface area contributed by atoms with Gasteiger partial charge in [0, 0.05) is 23.5 Å². The molecule has 0 fully saturated rings. The zero-order chi connectivity index (χ0) is 23.4. The molecule has 2 heterocycles. The van der Waals surface area contributed by atoms with E-state index in [1.807, 2.05) is 13.0 Å². The highest BCUT2D eigenvalue weighted by Crippen LogP contribution is 2.31. The van der Waals surface area contributed by atoms with E-state index in [1.54, 1.807) is 80.0 Å². The van der Waals surface area contributed by atoms with E-state index >= 15 is 0 Å². The van der Waals surface area contributed by atoms with Crippen LogP contribution in [0.15, 0.2) is 94.6 Å². The van der Waals surface area contributed by atoms with E-state index in [2.05, 4.69) is 15.3 Å². The molecular formula is C25H23N3O4S. The Morgan fingerprint density at radius 3 is 2.36 bits per heavy atom. The van der Waals surface area contributed by atoms with Crippen LogP contribution < -0.4 is 5.32 Å². The number of rotatable bonds is 7. The highest BCUT2D eigenvalue weighted by Gasteiger charge is 2.30. The summed E-state index contributed by atoms with van der Waals surface area (Å²) in [7, 11) is -3.69. The Hall–Kier alpha value is -3.78. The van der Waals surface area contributed by atoms with Crippen molar-refractivity contribution in [3.05, 3.63) is 114 Å². The quantitative estimate of drug-likeness (QED) is 0.437. The maximum absolute atomic E-state index is 13.1. The maximum atomic E-state index is 13.1. The van der Waals surface area contributed by atoms with Crippen molar-refractivity contribution in [2.24, 2.45) is 0 Å². The third-order valence-corrected chi connectivity index (χ3v) is 7.43. The third-order valence-electron chi connectivity index (χ3n) is 5.33. The van der Waals surface area contributed by atoms with Gasteiger partial charge in [0.15, 0.2) is 9.84 Å². The average Bonchev–Trinajstić information content (AvgIpc) is 3.33. The first-order chi connectivity index (χ1) is 15.9. The van der Waals surface area contributed by atoms with Gasteiger partial charge in [-0.15, -0.1) is 0 Å². The number of carbonyl (C=O) groups excluding carboxylic acids is 1. The fourth-order valence-electron chi connectivity index (χ4n) is 3.35. The predicted molar refractivity (Wildman–Crippen MR) is 123 cm³/mol. The largest absolute Gasteiger partial charge is 0.442 e. The number of aryl methyl sites for hydroxylation is 1. The lowest BCUT2D eigenvalue weighted by molar-refractivity contribution is 0.0937. The minimum atomic E-state index is -3.69. The molecule has 1 N–H and O–H groups in total. The van der Waals surface area contributed by atoms with Gasteiger partial charge in [-0.05, 0) is 44.2 Å². The van der Waals surface area contributed by atoms with Crippen molar-refractivity contribution in [2.75, 3.05) is 0 Å². The predicted octanol–water partition coefficient (Wildman–Crippen LogP) is 4.43. The van der Waals surface area contributed by atoms with E-state index < -0.39 is 21.1 Å². The van der Waals surface area contributed by atoms with E-state index in [4.69, 9.17) is 4.42 Å². The number of nitrogens with zero attached hydrogens (tertiary/aromatic N) is 2. The fourth-order valence-corrected chi connectivity index (χ4v) is 4.68. The van der Waals surface area contributed by atoms with E-state index in [-0.39, 0.29) is 22.5 Å². The van der Waals surface area contributed by atoms with Gasteiger partial charge in [0.2, 0.25) is 5.89 Å². The minimum Gasteiger partial charge on any atom is -0.442 e. The molecule has 0 saturated carbocycles. The molecule has 0 saturated heterocycles. The van der Waals surface area contributed by atoms with Gasteiger partial charge < -0.3 is 9.73 Å². The maximum Gasteiger partial charge on any atom is 0.252 e. The van der Waals surface area contributed by atoms with E-state index in [0.717, 1.165) is 5.56 Å². The molecule has 2 aromatic carbocycles. The van der Waals surface area contributed by atoms with Crippen LogP contribution in [0.25, 0.3) is 0 Å². The third kappa shape index (κ3) is 4.85. The molecule has 7 nitrogen and oxygen atoms in total. The summed E-state index contributed by atoms with van der Waals surface area (Å²) in [5.74, 6) is 0.0474. The smallest absolute Gasteiger partial charge is 0.252 e. The first-order valence-corrected chi connectivity index (χ1v) is 11.9. The average molecular weight is 462 g/mol. The molecule has 0 aliphatic heterocycles. The zero-order valence-electron chi connectivity index (χ0n) is 18.2. The normalized spacial score (nSPS) is 13.3. The lowest BCUT2D eigenvalue weighted by atomic mass is 10.1. The first kappa shape index (κ1) is 22.4. The number of hydrogen-bond donors (Lipinski definition) is 1. The van der Waals surface area contributed by atoms with Crippen LogP contribution in [0.2, 0.25) is 0 Å². The Labute approximate surface area is 192 Å². The van der Waals surface area contributed by atoms with Gasteiger partial charge in [0.05, 0.1) is 11.1 Å². The summed E-state index contributed by atoms with van der Waals surface area (Å²) < 4.78 is 32.1. The number of hydrogen-bond acceptors (Lipinski definition) is 6. The van der Waals surface area contributed by atoms with Gasteiger partial charge in [-0.3, -0.25) is 9.78 Å². The van der Waals surface area contributed by atoms with Gasteiger partial charge in [-0.25, -0.2) is 13.4 Å². The zero-order valence-corrected chi connectivity index (χ0v) is 19.0. The molecule has 0 radical (unpaired) electrons. The second-order valence-electron chi connectivity index (χ2n) is 7.66. The summed E-state index contributed by atoms with van der Waals surface area (Å²) in [4.78, 5) is 21.5. The Morgan fingerprint density at radius 2 is 1.70 bits per heavy atom. The number of amides is 1. The van der Waals surface area contributed by atoms with Crippen LogP contribution in [-0.4, -0.2) is 24.3 Å². The highest BCUT2D eigenvalue weighted by molar-refractivity contribution is 7.91. The van der Waals surface area contributed by atoms with E-state index in [1.165, 1.54) is 6.20 Å². The van der Waals surface area contributed by atoms with Crippen molar-refractivity contribution in [1.29, 1.82) is 0 Å². The van der Waals surface area contributed by atoms with Crippen LogP contribution in [-0.2, 0) is 9.84 Å². The summed E-state index contributed by atoms with van der Waals surface area (Å²) >= 11 is 0. The molecule has 2 unspecified atom stereocenters. The number of oxazole rings is 1. The Morgan fingerprint density at radius 1 is 0.970 bits per heavy atom. The number of carbonyl (C=O) groups is 1. The van der Waals surface area contributed by atoms with Crippen molar-refractivity contribution >= 4 is 15.7 Å². The molecule has 0 spiro atoms. The van der Waals surface area contributed by atoms with Crippen molar-refractivity contribution in [1.82, 2.24) is 15.3 Å². The van der Waals surface area contributed by atoms with E-state index in [9.17, 15) is 13.2 Å². The number of pyridine rings is 1. The number of aromatic nitrogens is 2. The van der Waals surface area contributed by atoms with Gasteiger partial charge in [0.25, 0.3) is 5.91 Å². The van der Waals surface area contributed by atoms with Crippen LogP contribution in [0.3, 0.4) is 0 Å². The monoisotopic (exact) mass is 461 g/mol. The molecule has 8 heteroatoms. The van der Waals surface area contributed by atoms with Crippen molar-refractivity contribution in [3.8, 4) is 0 Å². The molecule has 33 heavy (non-hydrogen) atoms.